The summed E-state index contributed by atoms with van der Waals surface area (Å²) < 4.78 is 0. The lowest BCUT2D eigenvalue weighted by Gasteiger charge is -2.31. The number of nitrogen functional groups attached to an aromatic ring is 2. The van der Waals surface area contributed by atoms with Gasteiger partial charge in [0.15, 0.2) is 0 Å². The monoisotopic (exact) mass is 233 g/mol. The van der Waals surface area contributed by atoms with Crippen molar-refractivity contribution in [3.05, 3.63) is 18.2 Å². The Morgan fingerprint density at radius 3 is 2.71 bits per heavy atom. The smallest absolute Gasteiger partial charge is 0.0568 e. The normalized spacial score (nSPS) is 21.2. The minimum Gasteiger partial charge on any atom is -0.397 e. The molecule has 1 aliphatic rings. The van der Waals surface area contributed by atoms with E-state index in [4.69, 9.17) is 11.5 Å². The van der Waals surface area contributed by atoms with Crippen molar-refractivity contribution in [2.24, 2.45) is 0 Å². The molecule has 0 radical (unpaired) electrons. The molecule has 0 amide bonds. The molecule has 1 aromatic carbocycles. The highest BCUT2D eigenvalue weighted by molar-refractivity contribution is 5.70. The van der Waals surface area contributed by atoms with E-state index in [0.29, 0.717) is 17.4 Å². The number of rotatable bonds is 2. The fourth-order valence-corrected chi connectivity index (χ4v) is 2.68. The third-order valence-corrected chi connectivity index (χ3v) is 3.75. The predicted octanol–water partition coefficient (Wildman–Crippen LogP) is 3.01. The maximum atomic E-state index is 5.90. The number of nitrogens with zero attached hydrogens (tertiary/aromatic N) is 1. The van der Waals surface area contributed by atoms with Gasteiger partial charge in [0.2, 0.25) is 0 Å². The highest BCUT2D eigenvalue weighted by atomic mass is 15.2. The molecule has 0 saturated carbocycles. The van der Waals surface area contributed by atoms with Crippen LogP contribution in [0.5, 0.6) is 0 Å². The summed E-state index contributed by atoms with van der Waals surface area (Å²) in [6, 6.07) is 6.69. The van der Waals surface area contributed by atoms with Gasteiger partial charge in [-0.05, 0) is 37.5 Å². The Bertz CT molecular complexity index is 376. The summed E-state index contributed by atoms with van der Waals surface area (Å²) in [6.45, 7) is 3.41. The fourth-order valence-electron chi connectivity index (χ4n) is 2.68. The van der Waals surface area contributed by atoms with E-state index >= 15 is 0 Å². The fraction of sp³-hybridized carbons (Fsp3) is 0.571. The first kappa shape index (κ1) is 12.1. The zero-order valence-electron chi connectivity index (χ0n) is 10.7. The van der Waals surface area contributed by atoms with E-state index in [0.717, 1.165) is 6.54 Å². The van der Waals surface area contributed by atoms with Gasteiger partial charge in [-0.1, -0.05) is 19.8 Å². The molecule has 4 N–H and O–H groups in total. The van der Waals surface area contributed by atoms with Crippen LogP contribution in [0.2, 0.25) is 0 Å². The van der Waals surface area contributed by atoms with E-state index in [9.17, 15) is 0 Å². The lowest BCUT2D eigenvalue weighted by molar-refractivity contribution is 0.556. The highest BCUT2D eigenvalue weighted by Gasteiger charge is 2.19. The molecule has 94 valence electrons. The molecule has 17 heavy (non-hydrogen) atoms. The minimum atomic E-state index is 0.653. The molecule has 1 atom stereocenters. The van der Waals surface area contributed by atoms with Crippen LogP contribution >= 0.6 is 0 Å². The third-order valence-electron chi connectivity index (χ3n) is 3.75. The average molecular weight is 233 g/mol. The first-order chi connectivity index (χ1) is 8.22. The number of benzene rings is 1. The Hall–Kier alpha value is -1.38. The van der Waals surface area contributed by atoms with Gasteiger partial charge >= 0.3 is 0 Å². The van der Waals surface area contributed by atoms with Crippen molar-refractivity contribution < 1.29 is 0 Å². The number of hydrogen-bond donors (Lipinski definition) is 2. The summed E-state index contributed by atoms with van der Waals surface area (Å²) in [7, 11) is 0. The van der Waals surface area contributed by atoms with Gasteiger partial charge in [0.25, 0.3) is 0 Å². The van der Waals surface area contributed by atoms with Crippen LogP contribution in [0.1, 0.15) is 39.0 Å². The largest absolute Gasteiger partial charge is 0.397 e. The van der Waals surface area contributed by atoms with Gasteiger partial charge in [-0.3, -0.25) is 0 Å². The Morgan fingerprint density at radius 1 is 1.18 bits per heavy atom. The molecule has 3 heteroatoms. The molecule has 1 saturated heterocycles. The molecule has 0 bridgehead atoms. The lowest BCUT2D eigenvalue weighted by Crippen LogP contribution is -2.34. The van der Waals surface area contributed by atoms with Gasteiger partial charge in [-0.25, -0.2) is 0 Å². The van der Waals surface area contributed by atoms with E-state index in [1.807, 2.05) is 12.1 Å². The van der Waals surface area contributed by atoms with Crippen molar-refractivity contribution in [2.75, 3.05) is 22.9 Å². The Labute approximate surface area is 104 Å². The first-order valence-electron chi connectivity index (χ1n) is 6.64. The number of anilines is 3. The van der Waals surface area contributed by atoms with Crippen molar-refractivity contribution in [2.45, 2.75) is 45.1 Å². The maximum Gasteiger partial charge on any atom is 0.0568 e. The van der Waals surface area contributed by atoms with Gasteiger partial charge in [-0.2, -0.15) is 0 Å². The molecule has 1 heterocycles. The van der Waals surface area contributed by atoms with Crippen LogP contribution in [0.4, 0.5) is 17.1 Å². The topological polar surface area (TPSA) is 55.3 Å². The second-order valence-corrected chi connectivity index (χ2v) is 4.92. The van der Waals surface area contributed by atoms with E-state index < -0.39 is 0 Å². The highest BCUT2D eigenvalue weighted by Crippen LogP contribution is 2.29. The van der Waals surface area contributed by atoms with Crippen molar-refractivity contribution in [1.29, 1.82) is 0 Å². The summed E-state index contributed by atoms with van der Waals surface area (Å²) in [4.78, 5) is 2.50. The molecule has 3 nitrogen and oxygen atoms in total. The molecule has 0 spiro atoms. The summed E-state index contributed by atoms with van der Waals surface area (Å²) in [5, 5.41) is 0. The molecule has 1 unspecified atom stereocenters. The van der Waals surface area contributed by atoms with Crippen molar-refractivity contribution in [1.82, 2.24) is 0 Å². The second kappa shape index (κ2) is 5.30. The molecule has 0 aliphatic carbocycles. The van der Waals surface area contributed by atoms with Gasteiger partial charge < -0.3 is 16.4 Å². The molecule has 1 aromatic rings. The summed E-state index contributed by atoms with van der Waals surface area (Å²) >= 11 is 0. The van der Waals surface area contributed by atoms with Crippen LogP contribution < -0.4 is 16.4 Å². The van der Waals surface area contributed by atoms with Crippen molar-refractivity contribution >= 4 is 17.1 Å². The van der Waals surface area contributed by atoms with E-state index in [1.165, 1.54) is 37.8 Å². The van der Waals surface area contributed by atoms with Gasteiger partial charge in [-0.15, -0.1) is 0 Å². The molecule has 2 rings (SSSR count). The average Bonchev–Trinajstić information content (AvgIpc) is 2.57. The van der Waals surface area contributed by atoms with Crippen LogP contribution in [0, 0.1) is 0 Å². The van der Waals surface area contributed by atoms with Crippen molar-refractivity contribution in [3.8, 4) is 0 Å². The van der Waals surface area contributed by atoms with Crippen LogP contribution in [0.3, 0.4) is 0 Å². The van der Waals surface area contributed by atoms with Crippen molar-refractivity contribution in [3.63, 3.8) is 0 Å². The van der Waals surface area contributed by atoms with Crippen LogP contribution in [-0.2, 0) is 0 Å². The molecule has 0 aromatic heterocycles. The van der Waals surface area contributed by atoms with Gasteiger partial charge in [0, 0.05) is 18.3 Å². The maximum absolute atomic E-state index is 5.90. The lowest BCUT2D eigenvalue weighted by atomic mass is 10.1. The third kappa shape index (κ3) is 2.65. The second-order valence-electron chi connectivity index (χ2n) is 4.92. The quantitative estimate of drug-likeness (QED) is 0.772. The van der Waals surface area contributed by atoms with E-state index in [2.05, 4.69) is 17.9 Å². The number of nitrogens with two attached hydrogens (primary N) is 2. The number of hydrogen-bond acceptors (Lipinski definition) is 3. The van der Waals surface area contributed by atoms with E-state index in [-0.39, 0.29) is 0 Å². The Morgan fingerprint density at radius 2 is 2.00 bits per heavy atom. The molecular formula is C14H23N3. The van der Waals surface area contributed by atoms with Crippen LogP contribution in [-0.4, -0.2) is 12.6 Å². The molecular weight excluding hydrogens is 210 g/mol. The Kier molecular flexibility index (Phi) is 3.77. The van der Waals surface area contributed by atoms with Gasteiger partial charge in [0.1, 0.15) is 0 Å². The zero-order valence-corrected chi connectivity index (χ0v) is 10.7. The predicted molar refractivity (Wildman–Crippen MR) is 75.2 cm³/mol. The molecule has 1 aliphatic heterocycles. The van der Waals surface area contributed by atoms with Gasteiger partial charge in [0.05, 0.1) is 11.4 Å². The standard InChI is InChI=1S/C14H23N3/c1-2-11-6-4-3-5-9-17(11)12-7-8-13(15)14(16)10-12/h7-8,10-11H,2-6,9,15-16H2,1H3. The summed E-state index contributed by atoms with van der Waals surface area (Å²) in [6.07, 6.45) is 6.46. The zero-order chi connectivity index (χ0) is 12.3. The van der Waals surface area contributed by atoms with Crippen LogP contribution in [0.25, 0.3) is 0 Å². The minimum absolute atomic E-state index is 0.653. The summed E-state index contributed by atoms with van der Waals surface area (Å²) in [5.74, 6) is 0. The Balaban J connectivity index is 2.25. The van der Waals surface area contributed by atoms with E-state index in [1.54, 1.807) is 0 Å². The molecule has 1 fully saturated rings. The van der Waals surface area contributed by atoms with Crippen LogP contribution in [0.15, 0.2) is 18.2 Å². The first-order valence-corrected chi connectivity index (χ1v) is 6.64. The SMILES string of the molecule is CCC1CCCCCN1c1ccc(N)c(N)c1. The summed E-state index contributed by atoms with van der Waals surface area (Å²) in [5.41, 5.74) is 14.3.